The number of rotatable bonds is 7. The van der Waals surface area contributed by atoms with Gasteiger partial charge in [-0.3, -0.25) is 15.0 Å². The maximum absolute atomic E-state index is 13.1. The number of amides is 4. The molecular formula is C25H27N5O4S. The molecule has 1 unspecified atom stereocenters. The van der Waals surface area contributed by atoms with E-state index in [9.17, 15) is 14.4 Å². The van der Waals surface area contributed by atoms with Crippen molar-refractivity contribution >= 4 is 29.6 Å². The van der Waals surface area contributed by atoms with Crippen LogP contribution in [0.4, 0.5) is 4.79 Å². The third-order valence-electron chi connectivity index (χ3n) is 5.86. The average Bonchev–Trinajstić information content (AvgIpc) is 3.42. The normalized spacial score (nSPS) is 18.0. The molecule has 4 rings (SSSR count). The lowest BCUT2D eigenvalue weighted by Crippen LogP contribution is -2.49. The first kappa shape index (κ1) is 24.5. The highest BCUT2D eigenvalue weighted by atomic mass is 32.2. The largest absolute Gasteiger partial charge is 0.411 e. The van der Waals surface area contributed by atoms with Crippen molar-refractivity contribution < 1.29 is 18.8 Å². The van der Waals surface area contributed by atoms with Gasteiger partial charge in [0, 0.05) is 5.56 Å². The number of nitrogens with one attached hydrogen (secondary N) is 2. The second-order valence-electron chi connectivity index (χ2n) is 9.22. The molecule has 1 saturated heterocycles. The number of hydrogen-bond donors (Lipinski definition) is 2. The summed E-state index contributed by atoms with van der Waals surface area (Å²) in [6.07, 6.45) is 0.338. The van der Waals surface area contributed by atoms with Crippen molar-refractivity contribution in [3.05, 3.63) is 65.7 Å². The molecule has 1 atom stereocenters. The van der Waals surface area contributed by atoms with Gasteiger partial charge in [0.15, 0.2) is 0 Å². The molecule has 1 aliphatic rings. The van der Waals surface area contributed by atoms with E-state index in [0.717, 1.165) is 22.3 Å². The van der Waals surface area contributed by atoms with Crippen molar-refractivity contribution in [1.29, 1.82) is 0 Å². The van der Waals surface area contributed by atoms with Crippen molar-refractivity contribution in [2.24, 2.45) is 0 Å². The van der Waals surface area contributed by atoms with E-state index in [-0.39, 0.29) is 16.4 Å². The fourth-order valence-electron chi connectivity index (χ4n) is 3.82. The summed E-state index contributed by atoms with van der Waals surface area (Å²) in [5.74, 6) is -0.856. The van der Waals surface area contributed by atoms with E-state index < -0.39 is 23.4 Å². The number of carbonyl (C=O) groups excluding carboxylic acids is 3. The summed E-state index contributed by atoms with van der Waals surface area (Å²) in [6, 6.07) is 16.1. The second kappa shape index (κ2) is 9.53. The lowest BCUT2D eigenvalue weighted by molar-refractivity contribution is -0.138. The number of imide groups is 1. The van der Waals surface area contributed by atoms with Gasteiger partial charge < -0.3 is 9.73 Å². The fraction of sp³-hybridized carbons (Fsp3) is 0.320. The lowest BCUT2D eigenvalue weighted by Gasteiger charge is -2.25. The zero-order chi connectivity index (χ0) is 25.2. The Labute approximate surface area is 207 Å². The first-order valence-corrected chi connectivity index (χ1v) is 12.2. The number of aromatic nitrogens is 2. The van der Waals surface area contributed by atoms with Crippen LogP contribution in [0.25, 0.3) is 11.5 Å². The molecule has 2 heterocycles. The number of nitrogens with zero attached hydrogens (tertiary/aromatic N) is 3. The third kappa shape index (κ3) is 4.93. The first-order chi connectivity index (χ1) is 16.6. The Morgan fingerprint density at radius 3 is 2.40 bits per heavy atom. The highest BCUT2D eigenvalue weighted by molar-refractivity contribution is 7.99. The van der Waals surface area contributed by atoms with Gasteiger partial charge in [0.25, 0.3) is 11.1 Å². The predicted molar refractivity (Wildman–Crippen MR) is 131 cm³/mol. The zero-order valence-corrected chi connectivity index (χ0v) is 20.8. The summed E-state index contributed by atoms with van der Waals surface area (Å²) in [4.78, 5) is 38.1. The van der Waals surface area contributed by atoms with Crippen LogP contribution in [0.15, 0.2) is 64.2 Å². The van der Waals surface area contributed by atoms with E-state index >= 15 is 0 Å². The Morgan fingerprint density at radius 2 is 1.77 bits per heavy atom. The van der Waals surface area contributed by atoms with Gasteiger partial charge in [-0.15, -0.1) is 10.2 Å². The Morgan fingerprint density at radius 1 is 1.09 bits per heavy atom. The van der Waals surface area contributed by atoms with Gasteiger partial charge in [0.1, 0.15) is 5.54 Å². The predicted octanol–water partition coefficient (Wildman–Crippen LogP) is 4.01. The smallest absolute Gasteiger partial charge is 0.344 e. The molecule has 4 amide bonds. The molecule has 0 radical (unpaired) electrons. The van der Waals surface area contributed by atoms with Gasteiger partial charge in [-0.05, 0) is 35.1 Å². The summed E-state index contributed by atoms with van der Waals surface area (Å²) in [7, 11) is 0. The van der Waals surface area contributed by atoms with Crippen molar-refractivity contribution in [3.8, 4) is 11.5 Å². The van der Waals surface area contributed by atoms with E-state index in [1.165, 1.54) is 5.56 Å². The van der Waals surface area contributed by atoms with Gasteiger partial charge in [-0.1, -0.05) is 81.9 Å². The molecule has 2 N–H and O–H groups in total. The topological polar surface area (TPSA) is 117 Å². The molecule has 2 aromatic carbocycles. The van der Waals surface area contributed by atoms with Crippen LogP contribution in [0.2, 0.25) is 0 Å². The molecule has 0 spiro atoms. The Kier molecular flexibility index (Phi) is 6.66. The summed E-state index contributed by atoms with van der Waals surface area (Å²) in [5.41, 5.74) is 3.82. The van der Waals surface area contributed by atoms with Gasteiger partial charge in [0.05, 0.1) is 5.75 Å². The fourth-order valence-corrected chi connectivity index (χ4v) is 4.38. The first-order valence-electron chi connectivity index (χ1n) is 11.2. The summed E-state index contributed by atoms with van der Waals surface area (Å²) in [5, 5.41) is 11.7. The number of hydrazine groups is 1. The Hall–Kier alpha value is -3.66. The zero-order valence-electron chi connectivity index (χ0n) is 20.0. The maximum atomic E-state index is 13.1. The van der Waals surface area contributed by atoms with Crippen molar-refractivity contribution in [3.63, 3.8) is 0 Å². The van der Waals surface area contributed by atoms with E-state index in [2.05, 4.69) is 41.7 Å². The maximum Gasteiger partial charge on any atom is 0.344 e. The van der Waals surface area contributed by atoms with Crippen LogP contribution in [0.5, 0.6) is 0 Å². The van der Waals surface area contributed by atoms with Crippen LogP contribution in [0, 0.1) is 0 Å². The summed E-state index contributed by atoms with van der Waals surface area (Å²) < 4.78 is 5.67. The standard InChI is InChI=1S/C25H27N5O4S/c1-5-25(18-9-7-6-8-10-18)21(32)30(22(33)26-25)29-19(31)15-35-23-28-27-20(34-23)16-11-13-17(14-12-16)24(2,3)4/h6-14H,5,15H2,1-4H3,(H,26,33)(H,29,31). The Balaban J connectivity index is 1.37. The molecule has 0 bridgehead atoms. The van der Waals surface area contributed by atoms with E-state index in [4.69, 9.17) is 4.42 Å². The lowest BCUT2D eigenvalue weighted by atomic mass is 9.87. The van der Waals surface area contributed by atoms with Crippen LogP contribution in [-0.2, 0) is 20.5 Å². The SMILES string of the molecule is CCC1(c2ccccc2)NC(=O)N(NC(=O)CSc2nnc(-c3ccc(C(C)(C)C)cc3)o2)C1=O. The molecule has 9 nitrogen and oxygen atoms in total. The van der Waals surface area contributed by atoms with Crippen LogP contribution in [0.1, 0.15) is 45.2 Å². The van der Waals surface area contributed by atoms with Crippen LogP contribution >= 0.6 is 11.8 Å². The Bertz CT molecular complexity index is 1240. The minimum absolute atomic E-state index is 0.0350. The van der Waals surface area contributed by atoms with Gasteiger partial charge >= 0.3 is 6.03 Å². The van der Waals surface area contributed by atoms with Crippen molar-refractivity contribution in [2.45, 2.75) is 50.3 Å². The molecule has 1 fully saturated rings. The molecule has 10 heteroatoms. The minimum atomic E-state index is -1.22. The number of urea groups is 1. The molecular weight excluding hydrogens is 466 g/mol. The van der Waals surface area contributed by atoms with Crippen molar-refractivity contribution in [1.82, 2.24) is 25.9 Å². The minimum Gasteiger partial charge on any atom is -0.411 e. The molecule has 35 heavy (non-hydrogen) atoms. The average molecular weight is 494 g/mol. The van der Waals surface area contributed by atoms with Gasteiger partial charge in [-0.2, -0.15) is 5.01 Å². The van der Waals surface area contributed by atoms with Crippen molar-refractivity contribution in [2.75, 3.05) is 5.75 Å². The van der Waals surface area contributed by atoms with Gasteiger partial charge in [-0.25, -0.2) is 4.79 Å². The second-order valence-corrected chi connectivity index (χ2v) is 10.1. The molecule has 0 aliphatic carbocycles. The highest BCUT2D eigenvalue weighted by Crippen LogP contribution is 2.32. The molecule has 3 aromatic rings. The van der Waals surface area contributed by atoms with Crippen LogP contribution in [0.3, 0.4) is 0 Å². The van der Waals surface area contributed by atoms with Gasteiger partial charge in [0.2, 0.25) is 11.8 Å². The monoisotopic (exact) mass is 493 g/mol. The molecule has 1 aromatic heterocycles. The highest BCUT2D eigenvalue weighted by Gasteiger charge is 2.52. The quantitative estimate of drug-likeness (QED) is 0.377. The number of thioether (sulfide) groups is 1. The number of hydrogen-bond acceptors (Lipinski definition) is 7. The van der Waals surface area contributed by atoms with E-state index in [1.807, 2.05) is 30.3 Å². The van der Waals surface area contributed by atoms with E-state index in [0.29, 0.717) is 17.9 Å². The summed E-state index contributed by atoms with van der Waals surface area (Å²) >= 11 is 1.02. The molecule has 0 saturated carbocycles. The third-order valence-corrected chi connectivity index (χ3v) is 6.67. The summed E-state index contributed by atoms with van der Waals surface area (Å²) in [6.45, 7) is 8.21. The molecule has 182 valence electrons. The number of carbonyl (C=O) groups is 3. The van der Waals surface area contributed by atoms with Crippen LogP contribution < -0.4 is 10.7 Å². The van der Waals surface area contributed by atoms with E-state index in [1.54, 1.807) is 31.2 Å². The van der Waals surface area contributed by atoms with Crippen LogP contribution in [-0.4, -0.2) is 38.8 Å². The molecule has 1 aliphatic heterocycles. The number of benzene rings is 2.